The van der Waals surface area contributed by atoms with Crippen molar-refractivity contribution in [3.05, 3.63) is 95.6 Å². The molecular weight excluding hydrogens is 516 g/mol. The van der Waals surface area contributed by atoms with E-state index < -0.39 is 17.6 Å². The summed E-state index contributed by atoms with van der Waals surface area (Å²) in [6.07, 6.45) is 0.942. The number of amides is 4. The SMILES string of the molecule is COc1cccc(C2CC(NC(=O)Nc3cccc(C)c3)C(=O)N(CC(=O)NC(C)(C)C)C(c3ccccc3)C2)c1. The Kier molecular flexibility index (Phi) is 9.32. The van der Waals surface area contributed by atoms with Gasteiger partial charge in [0.15, 0.2) is 0 Å². The van der Waals surface area contributed by atoms with E-state index in [1.807, 2.05) is 100 Å². The lowest BCUT2D eigenvalue weighted by atomic mass is 9.86. The van der Waals surface area contributed by atoms with Gasteiger partial charge in [-0.1, -0.05) is 54.6 Å². The number of hydrogen-bond donors (Lipinski definition) is 3. The maximum absolute atomic E-state index is 14.3. The van der Waals surface area contributed by atoms with Crippen LogP contribution in [0.1, 0.15) is 62.3 Å². The number of carbonyl (C=O) groups excluding carboxylic acids is 3. The molecule has 8 heteroatoms. The lowest BCUT2D eigenvalue weighted by molar-refractivity contribution is -0.139. The average Bonchev–Trinajstić information content (AvgIpc) is 3.05. The number of benzene rings is 3. The minimum Gasteiger partial charge on any atom is -0.497 e. The first-order chi connectivity index (χ1) is 19.5. The second-order valence-corrected chi connectivity index (χ2v) is 11.7. The van der Waals surface area contributed by atoms with Crippen LogP contribution in [0.4, 0.5) is 10.5 Å². The predicted octanol–water partition coefficient (Wildman–Crippen LogP) is 5.56. The average molecular weight is 557 g/mol. The molecule has 4 amide bonds. The van der Waals surface area contributed by atoms with E-state index in [9.17, 15) is 14.4 Å². The van der Waals surface area contributed by atoms with Gasteiger partial charge in [0.2, 0.25) is 11.8 Å². The Labute approximate surface area is 242 Å². The number of hydrogen-bond acceptors (Lipinski definition) is 4. The molecule has 0 spiro atoms. The van der Waals surface area contributed by atoms with Gasteiger partial charge in [0.25, 0.3) is 0 Å². The van der Waals surface area contributed by atoms with Gasteiger partial charge >= 0.3 is 6.03 Å². The lowest BCUT2D eigenvalue weighted by Crippen LogP contribution is -2.53. The number of carbonyl (C=O) groups is 3. The standard InChI is InChI=1S/C33H40N4O4/c1-22-11-9-15-26(17-22)34-32(40)35-28-19-25(24-14-10-16-27(18-24)41-5)20-29(23-12-7-6-8-13-23)37(31(28)39)21-30(38)36-33(2,3)4/h6-18,25,28-29H,19-21H2,1-5H3,(H,36,38)(H2,34,35,40). The van der Waals surface area contributed by atoms with Crippen LogP contribution in [-0.2, 0) is 9.59 Å². The summed E-state index contributed by atoms with van der Waals surface area (Å²) in [5, 5.41) is 8.76. The predicted molar refractivity (Wildman–Crippen MR) is 161 cm³/mol. The number of likely N-dealkylation sites (tertiary alicyclic amines) is 1. The topological polar surface area (TPSA) is 99.8 Å². The minimum atomic E-state index is -0.854. The third kappa shape index (κ3) is 8.10. The highest BCUT2D eigenvalue weighted by Crippen LogP contribution is 2.40. The number of anilines is 1. The molecule has 3 N–H and O–H groups in total. The molecule has 1 aliphatic rings. The summed E-state index contributed by atoms with van der Waals surface area (Å²) in [7, 11) is 1.62. The molecule has 1 saturated heterocycles. The third-order valence-electron chi connectivity index (χ3n) is 7.14. The molecular formula is C33H40N4O4. The second kappa shape index (κ2) is 12.9. The quantitative estimate of drug-likeness (QED) is 0.355. The Morgan fingerprint density at radius 1 is 0.927 bits per heavy atom. The Morgan fingerprint density at radius 3 is 2.32 bits per heavy atom. The van der Waals surface area contributed by atoms with E-state index in [-0.39, 0.29) is 30.3 Å². The molecule has 3 atom stereocenters. The van der Waals surface area contributed by atoms with Gasteiger partial charge in [0, 0.05) is 11.2 Å². The molecule has 0 aromatic heterocycles. The maximum atomic E-state index is 14.3. The first-order valence-corrected chi connectivity index (χ1v) is 14.0. The first-order valence-electron chi connectivity index (χ1n) is 14.0. The van der Waals surface area contributed by atoms with Crippen LogP contribution < -0.4 is 20.7 Å². The molecule has 1 aliphatic heterocycles. The zero-order chi connectivity index (χ0) is 29.6. The summed E-state index contributed by atoms with van der Waals surface area (Å²) in [5.41, 5.74) is 3.12. The highest BCUT2D eigenvalue weighted by Gasteiger charge is 2.40. The summed E-state index contributed by atoms with van der Waals surface area (Å²) in [6, 6.07) is 23.3. The Hall–Kier alpha value is -4.33. The van der Waals surface area contributed by atoms with E-state index in [1.54, 1.807) is 18.1 Å². The van der Waals surface area contributed by atoms with Crippen molar-refractivity contribution in [2.75, 3.05) is 19.0 Å². The number of methoxy groups -OCH3 is 1. The Balaban J connectivity index is 1.71. The van der Waals surface area contributed by atoms with E-state index in [0.29, 0.717) is 18.5 Å². The van der Waals surface area contributed by atoms with E-state index in [0.717, 1.165) is 22.4 Å². The van der Waals surface area contributed by atoms with Crippen LogP contribution in [0.15, 0.2) is 78.9 Å². The van der Waals surface area contributed by atoms with Crippen LogP contribution in [0.2, 0.25) is 0 Å². The fourth-order valence-corrected chi connectivity index (χ4v) is 5.36. The first kappa shape index (κ1) is 29.6. The molecule has 0 bridgehead atoms. The molecule has 1 fully saturated rings. The number of nitrogens with one attached hydrogen (secondary N) is 3. The Morgan fingerprint density at radius 2 is 1.63 bits per heavy atom. The summed E-state index contributed by atoms with van der Waals surface area (Å²) >= 11 is 0. The van der Waals surface area contributed by atoms with Gasteiger partial charge < -0.3 is 25.6 Å². The summed E-state index contributed by atoms with van der Waals surface area (Å²) in [4.78, 5) is 42.2. The smallest absolute Gasteiger partial charge is 0.319 e. The van der Waals surface area contributed by atoms with Crippen molar-refractivity contribution in [1.82, 2.24) is 15.5 Å². The number of rotatable bonds is 7. The molecule has 4 rings (SSSR count). The van der Waals surface area contributed by atoms with Crippen LogP contribution in [0.3, 0.4) is 0 Å². The highest BCUT2D eigenvalue weighted by atomic mass is 16.5. The molecule has 8 nitrogen and oxygen atoms in total. The van der Waals surface area contributed by atoms with Crippen LogP contribution in [-0.4, -0.2) is 48.0 Å². The van der Waals surface area contributed by atoms with Crippen molar-refractivity contribution in [3.63, 3.8) is 0 Å². The van der Waals surface area contributed by atoms with Crippen LogP contribution in [0, 0.1) is 6.92 Å². The van der Waals surface area contributed by atoms with Crippen molar-refractivity contribution in [1.29, 1.82) is 0 Å². The fourth-order valence-electron chi connectivity index (χ4n) is 5.36. The van der Waals surface area contributed by atoms with Gasteiger partial charge in [-0.3, -0.25) is 9.59 Å². The molecule has 0 saturated carbocycles. The monoisotopic (exact) mass is 556 g/mol. The van der Waals surface area contributed by atoms with Crippen LogP contribution >= 0.6 is 0 Å². The van der Waals surface area contributed by atoms with Gasteiger partial charge in [0.05, 0.1) is 13.2 Å². The Bertz CT molecular complexity index is 1370. The van der Waals surface area contributed by atoms with Crippen molar-refractivity contribution in [2.45, 2.75) is 64.1 Å². The van der Waals surface area contributed by atoms with E-state index in [2.05, 4.69) is 16.0 Å². The van der Waals surface area contributed by atoms with E-state index in [4.69, 9.17) is 4.74 Å². The number of nitrogens with zero attached hydrogens (tertiary/aromatic N) is 1. The van der Waals surface area contributed by atoms with Crippen LogP contribution in [0.25, 0.3) is 0 Å². The van der Waals surface area contributed by atoms with Crippen molar-refractivity contribution >= 4 is 23.5 Å². The summed E-state index contributed by atoms with van der Waals surface area (Å²) in [6.45, 7) is 7.53. The lowest BCUT2D eigenvalue weighted by Gasteiger charge is -2.33. The normalized spacial score (nSPS) is 19.2. The van der Waals surface area contributed by atoms with Crippen molar-refractivity contribution in [2.24, 2.45) is 0 Å². The zero-order valence-electron chi connectivity index (χ0n) is 24.4. The van der Waals surface area contributed by atoms with Crippen LogP contribution in [0.5, 0.6) is 5.75 Å². The molecule has 41 heavy (non-hydrogen) atoms. The minimum absolute atomic E-state index is 0.0980. The fraction of sp³-hybridized carbons (Fsp3) is 0.364. The molecule has 1 heterocycles. The molecule has 3 unspecified atom stereocenters. The largest absolute Gasteiger partial charge is 0.497 e. The van der Waals surface area contributed by atoms with Gasteiger partial charge in [-0.05, 0) is 87.4 Å². The van der Waals surface area contributed by atoms with Gasteiger partial charge in [-0.25, -0.2) is 4.79 Å². The molecule has 216 valence electrons. The third-order valence-corrected chi connectivity index (χ3v) is 7.14. The summed E-state index contributed by atoms with van der Waals surface area (Å²) in [5.74, 6) is 0.0684. The van der Waals surface area contributed by atoms with Crippen molar-refractivity contribution < 1.29 is 19.1 Å². The van der Waals surface area contributed by atoms with E-state index in [1.165, 1.54) is 0 Å². The van der Waals surface area contributed by atoms with Gasteiger partial charge in [-0.15, -0.1) is 0 Å². The molecule has 3 aromatic rings. The molecule has 0 aliphatic carbocycles. The van der Waals surface area contributed by atoms with Gasteiger partial charge in [-0.2, -0.15) is 0 Å². The molecule has 0 radical (unpaired) electrons. The maximum Gasteiger partial charge on any atom is 0.319 e. The number of ether oxygens (including phenoxy) is 1. The summed E-state index contributed by atoms with van der Waals surface area (Å²) < 4.78 is 5.49. The highest BCUT2D eigenvalue weighted by molar-refractivity contribution is 5.95. The molecule has 3 aromatic carbocycles. The zero-order valence-corrected chi connectivity index (χ0v) is 24.4. The van der Waals surface area contributed by atoms with Crippen molar-refractivity contribution in [3.8, 4) is 5.75 Å². The van der Waals surface area contributed by atoms with E-state index >= 15 is 0 Å². The number of urea groups is 1. The second-order valence-electron chi connectivity index (χ2n) is 11.7. The van der Waals surface area contributed by atoms with Gasteiger partial charge in [0.1, 0.15) is 18.3 Å². The number of aryl methyl sites for hydroxylation is 1.